The van der Waals surface area contributed by atoms with Crippen molar-refractivity contribution in [3.8, 4) is 0 Å². The molecule has 3 heteroatoms. The summed E-state index contributed by atoms with van der Waals surface area (Å²) in [5.74, 6) is 0.410. The Bertz CT molecular complexity index is 389. The summed E-state index contributed by atoms with van der Waals surface area (Å²) in [5, 5.41) is 0. The lowest BCUT2D eigenvalue weighted by molar-refractivity contribution is -0.139. The Morgan fingerprint density at radius 2 is 1.89 bits per heavy atom. The van der Waals surface area contributed by atoms with Crippen LogP contribution in [0.1, 0.15) is 52.9 Å². The van der Waals surface area contributed by atoms with Crippen molar-refractivity contribution in [1.29, 1.82) is 0 Å². The Hall–Kier alpha value is -1.12. The van der Waals surface area contributed by atoms with Crippen molar-refractivity contribution >= 4 is 11.8 Å². The summed E-state index contributed by atoms with van der Waals surface area (Å²) in [7, 11) is 0. The van der Waals surface area contributed by atoms with E-state index in [2.05, 4.69) is 13.8 Å². The first-order valence-corrected chi connectivity index (χ1v) is 6.98. The largest absolute Gasteiger partial charge is 0.275 e. The minimum Gasteiger partial charge on any atom is -0.275 e. The van der Waals surface area contributed by atoms with Crippen molar-refractivity contribution in [2.45, 2.75) is 52.9 Å². The van der Waals surface area contributed by atoms with Crippen LogP contribution in [0.2, 0.25) is 0 Å². The molecule has 1 heterocycles. The molecule has 0 saturated heterocycles. The molecule has 0 N–H and O–H groups in total. The first-order chi connectivity index (χ1) is 8.43. The van der Waals surface area contributed by atoms with Crippen molar-refractivity contribution in [2.24, 2.45) is 11.3 Å². The van der Waals surface area contributed by atoms with E-state index < -0.39 is 0 Å². The van der Waals surface area contributed by atoms with Gasteiger partial charge in [-0.25, -0.2) is 0 Å². The Morgan fingerprint density at radius 1 is 1.28 bits per heavy atom. The second-order valence-electron chi connectivity index (χ2n) is 6.36. The minimum atomic E-state index is -0.118. The average molecular weight is 249 g/mol. The lowest BCUT2D eigenvalue weighted by Gasteiger charge is -2.34. The molecule has 0 aromatic rings. The number of nitrogens with zero attached hydrogens (tertiary/aromatic N) is 1. The van der Waals surface area contributed by atoms with Crippen LogP contribution in [0.3, 0.4) is 0 Å². The number of hydrogen-bond acceptors (Lipinski definition) is 2. The molecular weight excluding hydrogens is 226 g/mol. The van der Waals surface area contributed by atoms with Crippen LogP contribution < -0.4 is 0 Å². The van der Waals surface area contributed by atoms with Gasteiger partial charge >= 0.3 is 0 Å². The number of hydrogen-bond donors (Lipinski definition) is 0. The summed E-state index contributed by atoms with van der Waals surface area (Å²) in [6.07, 6.45) is 7.36. The summed E-state index contributed by atoms with van der Waals surface area (Å²) >= 11 is 0. The third kappa shape index (κ3) is 2.50. The molecule has 0 aromatic carbocycles. The van der Waals surface area contributed by atoms with E-state index in [0.29, 0.717) is 18.0 Å². The van der Waals surface area contributed by atoms with Crippen LogP contribution in [-0.4, -0.2) is 23.3 Å². The van der Waals surface area contributed by atoms with E-state index in [1.165, 1.54) is 23.8 Å². The van der Waals surface area contributed by atoms with Crippen LogP contribution >= 0.6 is 0 Å². The summed E-state index contributed by atoms with van der Waals surface area (Å²) < 4.78 is 0. The molecule has 1 saturated carbocycles. The van der Waals surface area contributed by atoms with Crippen molar-refractivity contribution in [3.63, 3.8) is 0 Å². The lowest BCUT2D eigenvalue weighted by Crippen LogP contribution is -2.41. The SMILES string of the molecule is CC1=CC(=O)N(CC2(CC(C)C)CCCC2)C1=O. The number of carbonyl (C=O) groups is 2. The molecule has 100 valence electrons. The summed E-state index contributed by atoms with van der Waals surface area (Å²) in [6, 6.07) is 0. The maximum atomic E-state index is 12.0. The molecule has 0 radical (unpaired) electrons. The molecule has 1 aliphatic heterocycles. The van der Waals surface area contributed by atoms with Crippen molar-refractivity contribution in [3.05, 3.63) is 11.6 Å². The number of rotatable bonds is 4. The highest BCUT2D eigenvalue weighted by atomic mass is 16.2. The van der Waals surface area contributed by atoms with Gasteiger partial charge in [-0.1, -0.05) is 26.7 Å². The highest BCUT2D eigenvalue weighted by molar-refractivity contribution is 6.15. The van der Waals surface area contributed by atoms with Gasteiger partial charge in [0.1, 0.15) is 0 Å². The molecule has 0 atom stereocenters. The molecule has 0 unspecified atom stereocenters. The van der Waals surface area contributed by atoms with Crippen LogP contribution in [0.15, 0.2) is 11.6 Å². The Morgan fingerprint density at radius 3 is 2.33 bits per heavy atom. The molecule has 0 spiro atoms. The lowest BCUT2D eigenvalue weighted by atomic mass is 9.78. The Labute approximate surface area is 109 Å². The number of imide groups is 1. The molecule has 1 fully saturated rings. The van der Waals surface area contributed by atoms with Gasteiger partial charge in [-0.15, -0.1) is 0 Å². The first-order valence-electron chi connectivity index (χ1n) is 6.98. The van der Waals surface area contributed by atoms with Crippen LogP contribution in [0.4, 0.5) is 0 Å². The van der Waals surface area contributed by atoms with E-state index in [1.807, 2.05) is 0 Å². The predicted octanol–water partition coefficient (Wildman–Crippen LogP) is 2.91. The Kier molecular flexibility index (Phi) is 3.60. The normalized spacial score (nSPS) is 23.1. The second-order valence-corrected chi connectivity index (χ2v) is 6.36. The highest BCUT2D eigenvalue weighted by Crippen LogP contribution is 2.44. The van der Waals surface area contributed by atoms with Gasteiger partial charge < -0.3 is 0 Å². The zero-order valence-electron chi connectivity index (χ0n) is 11.7. The average Bonchev–Trinajstić information content (AvgIpc) is 2.80. The molecule has 1 aliphatic carbocycles. The third-order valence-electron chi connectivity index (χ3n) is 4.19. The number of amides is 2. The van der Waals surface area contributed by atoms with E-state index in [0.717, 1.165) is 19.3 Å². The molecule has 18 heavy (non-hydrogen) atoms. The van der Waals surface area contributed by atoms with Gasteiger partial charge in [0, 0.05) is 18.2 Å². The molecule has 0 aromatic heterocycles. The van der Waals surface area contributed by atoms with E-state index in [1.54, 1.807) is 6.92 Å². The maximum Gasteiger partial charge on any atom is 0.256 e. The Balaban J connectivity index is 2.11. The van der Waals surface area contributed by atoms with E-state index in [-0.39, 0.29) is 17.2 Å². The van der Waals surface area contributed by atoms with Gasteiger partial charge in [0.05, 0.1) is 0 Å². The fraction of sp³-hybridized carbons (Fsp3) is 0.733. The first kappa shape index (κ1) is 13.3. The molecule has 2 aliphatic rings. The van der Waals surface area contributed by atoms with Gasteiger partial charge in [-0.05, 0) is 37.5 Å². The molecule has 2 amide bonds. The van der Waals surface area contributed by atoms with Crippen LogP contribution in [0, 0.1) is 11.3 Å². The van der Waals surface area contributed by atoms with Crippen molar-refractivity contribution in [1.82, 2.24) is 4.90 Å². The summed E-state index contributed by atoms with van der Waals surface area (Å²) in [6.45, 7) is 6.79. The molecular formula is C15H23NO2. The topological polar surface area (TPSA) is 37.4 Å². The van der Waals surface area contributed by atoms with Gasteiger partial charge in [0.25, 0.3) is 11.8 Å². The molecule has 2 rings (SSSR count). The van der Waals surface area contributed by atoms with Crippen LogP contribution in [0.5, 0.6) is 0 Å². The third-order valence-corrected chi connectivity index (χ3v) is 4.19. The van der Waals surface area contributed by atoms with Crippen LogP contribution in [0.25, 0.3) is 0 Å². The van der Waals surface area contributed by atoms with Crippen LogP contribution in [-0.2, 0) is 9.59 Å². The number of carbonyl (C=O) groups excluding carboxylic acids is 2. The maximum absolute atomic E-state index is 12.0. The quantitative estimate of drug-likeness (QED) is 0.718. The van der Waals surface area contributed by atoms with Crippen molar-refractivity contribution < 1.29 is 9.59 Å². The summed E-state index contributed by atoms with van der Waals surface area (Å²) in [4.78, 5) is 25.3. The zero-order chi connectivity index (χ0) is 13.3. The zero-order valence-corrected chi connectivity index (χ0v) is 11.7. The van der Waals surface area contributed by atoms with Gasteiger partial charge in [-0.2, -0.15) is 0 Å². The highest BCUT2D eigenvalue weighted by Gasteiger charge is 2.40. The van der Waals surface area contributed by atoms with Gasteiger partial charge in [0.2, 0.25) is 0 Å². The van der Waals surface area contributed by atoms with E-state index in [4.69, 9.17) is 0 Å². The standard InChI is InChI=1S/C15H23NO2/c1-11(2)9-15(6-4-5-7-15)10-16-13(17)8-12(3)14(16)18/h8,11H,4-7,9-10H2,1-3H3. The fourth-order valence-electron chi connectivity index (χ4n) is 3.54. The molecule has 0 bridgehead atoms. The predicted molar refractivity (Wildman–Crippen MR) is 70.8 cm³/mol. The smallest absolute Gasteiger partial charge is 0.256 e. The second kappa shape index (κ2) is 4.87. The van der Waals surface area contributed by atoms with E-state index in [9.17, 15) is 9.59 Å². The van der Waals surface area contributed by atoms with Gasteiger partial charge in [-0.3, -0.25) is 14.5 Å². The van der Waals surface area contributed by atoms with E-state index >= 15 is 0 Å². The summed E-state index contributed by atoms with van der Waals surface area (Å²) in [5.41, 5.74) is 0.760. The molecule has 3 nitrogen and oxygen atoms in total. The minimum absolute atomic E-state index is 0.0879. The van der Waals surface area contributed by atoms with Crippen molar-refractivity contribution in [2.75, 3.05) is 6.54 Å². The monoisotopic (exact) mass is 249 g/mol. The van der Waals surface area contributed by atoms with Gasteiger partial charge in [0.15, 0.2) is 0 Å². The fourth-order valence-corrected chi connectivity index (χ4v) is 3.54.